The second kappa shape index (κ2) is 9.95. The Balaban J connectivity index is 2.27. The summed E-state index contributed by atoms with van der Waals surface area (Å²) in [6, 6.07) is 9.57. The predicted molar refractivity (Wildman–Crippen MR) is 84.9 cm³/mol. The molecule has 1 aromatic carbocycles. The fraction of sp³-hybridized carbons (Fsp3) is 0.500. The van der Waals surface area contributed by atoms with Crippen LogP contribution in [-0.4, -0.2) is 28.5 Å². The van der Waals surface area contributed by atoms with E-state index in [1.54, 1.807) is 0 Å². The Morgan fingerprint density at radius 3 is 2.74 bits per heavy atom. The van der Waals surface area contributed by atoms with Gasteiger partial charge in [0, 0.05) is 13.2 Å². The lowest BCUT2D eigenvalue weighted by molar-refractivity contribution is 0.171. The highest BCUT2D eigenvalue weighted by molar-refractivity contribution is 6.51. The molecule has 0 fully saturated rings. The van der Waals surface area contributed by atoms with Gasteiger partial charge in [0.1, 0.15) is 0 Å². The average Bonchev–Trinajstić information content (AvgIpc) is 2.47. The molecule has 0 aliphatic rings. The average molecular weight is 278 g/mol. The van der Waals surface area contributed by atoms with Gasteiger partial charge in [0.2, 0.25) is 9.04 Å². The Hall–Kier alpha value is -0.903. The van der Waals surface area contributed by atoms with Crippen LogP contribution in [0.4, 0.5) is 0 Å². The minimum Gasteiger partial charge on any atom is -0.418 e. The molecule has 0 bridgehead atoms. The molecule has 1 aromatic rings. The second-order valence-electron chi connectivity index (χ2n) is 4.57. The molecule has 1 unspecified atom stereocenters. The molecule has 0 radical (unpaired) electrons. The molecule has 1 atom stereocenters. The first-order valence-corrected chi connectivity index (χ1v) is 9.31. The fourth-order valence-corrected chi connectivity index (χ4v) is 3.57. The molecular formula is C16H26O2Si. The maximum atomic E-state index is 5.98. The summed E-state index contributed by atoms with van der Waals surface area (Å²) in [5.74, 6) is 0. The molecule has 1 rings (SSSR count). The quantitative estimate of drug-likeness (QED) is 0.481. The lowest BCUT2D eigenvalue weighted by Crippen LogP contribution is -2.25. The van der Waals surface area contributed by atoms with Crippen molar-refractivity contribution in [1.82, 2.24) is 0 Å². The summed E-state index contributed by atoms with van der Waals surface area (Å²) in [5, 5.41) is 0. The normalized spacial score (nSPS) is 12.3. The van der Waals surface area contributed by atoms with Crippen LogP contribution in [0.25, 0.3) is 6.08 Å². The van der Waals surface area contributed by atoms with Crippen molar-refractivity contribution < 1.29 is 9.16 Å². The number of hydrogen-bond donors (Lipinski definition) is 0. The van der Waals surface area contributed by atoms with Crippen LogP contribution in [0, 0.1) is 0 Å². The maximum absolute atomic E-state index is 5.98. The maximum Gasteiger partial charge on any atom is 0.201 e. The van der Waals surface area contributed by atoms with Crippen LogP contribution in [0.2, 0.25) is 6.04 Å². The number of rotatable bonds is 10. The lowest BCUT2D eigenvalue weighted by Gasteiger charge is -2.14. The first-order chi connectivity index (χ1) is 9.31. The van der Waals surface area contributed by atoms with Gasteiger partial charge in [-0.3, -0.25) is 0 Å². The van der Waals surface area contributed by atoms with E-state index in [0.29, 0.717) is 0 Å². The van der Waals surface area contributed by atoms with E-state index >= 15 is 0 Å². The van der Waals surface area contributed by atoms with E-state index < -0.39 is 9.04 Å². The molecule has 0 saturated carbocycles. The van der Waals surface area contributed by atoms with E-state index in [1.165, 1.54) is 11.1 Å². The van der Waals surface area contributed by atoms with E-state index in [2.05, 4.69) is 37.8 Å². The minimum atomic E-state index is -1.12. The van der Waals surface area contributed by atoms with Gasteiger partial charge in [-0.25, -0.2) is 0 Å². The molecule has 19 heavy (non-hydrogen) atoms. The van der Waals surface area contributed by atoms with Crippen molar-refractivity contribution >= 4 is 15.1 Å². The molecule has 106 valence electrons. The van der Waals surface area contributed by atoms with Crippen molar-refractivity contribution in [2.24, 2.45) is 0 Å². The molecule has 0 heterocycles. The van der Waals surface area contributed by atoms with Crippen LogP contribution < -0.4 is 0 Å². The third-order valence-corrected chi connectivity index (χ3v) is 5.41. The van der Waals surface area contributed by atoms with Gasteiger partial charge in [0.25, 0.3) is 0 Å². The van der Waals surface area contributed by atoms with Crippen molar-refractivity contribution in [3.05, 3.63) is 42.0 Å². The summed E-state index contributed by atoms with van der Waals surface area (Å²) >= 11 is 0. The van der Waals surface area contributed by atoms with Gasteiger partial charge in [-0.05, 0) is 36.9 Å². The molecule has 3 heteroatoms. The Bertz CT molecular complexity index is 366. The third-order valence-electron chi connectivity index (χ3n) is 3.18. The second-order valence-corrected chi connectivity index (χ2v) is 7.29. The monoisotopic (exact) mass is 278 g/mol. The molecule has 0 aliphatic carbocycles. The van der Waals surface area contributed by atoms with Gasteiger partial charge < -0.3 is 9.16 Å². The summed E-state index contributed by atoms with van der Waals surface area (Å²) < 4.78 is 11.4. The fourth-order valence-electron chi connectivity index (χ4n) is 2.01. The summed E-state index contributed by atoms with van der Waals surface area (Å²) in [5.41, 5.74) is 2.60. The topological polar surface area (TPSA) is 18.5 Å². The molecule has 0 aliphatic heterocycles. The Labute approximate surface area is 119 Å². The van der Waals surface area contributed by atoms with Crippen LogP contribution in [0.5, 0.6) is 0 Å². The molecule has 0 aromatic heterocycles. The highest BCUT2D eigenvalue weighted by Gasteiger charge is 2.09. The van der Waals surface area contributed by atoms with Crippen LogP contribution in [0.15, 0.2) is 30.8 Å². The molecule has 0 spiro atoms. The van der Waals surface area contributed by atoms with E-state index in [0.717, 1.165) is 38.3 Å². The van der Waals surface area contributed by atoms with Crippen LogP contribution >= 0.6 is 0 Å². The van der Waals surface area contributed by atoms with Crippen molar-refractivity contribution in [2.75, 3.05) is 19.4 Å². The minimum absolute atomic E-state index is 0.791. The third kappa shape index (κ3) is 6.19. The molecule has 0 amide bonds. The highest BCUT2D eigenvalue weighted by Crippen LogP contribution is 2.12. The first-order valence-electron chi connectivity index (χ1n) is 7.21. The number of benzene rings is 1. The summed E-state index contributed by atoms with van der Waals surface area (Å²) in [6.07, 6.45) is 4.90. The smallest absolute Gasteiger partial charge is 0.201 e. The molecule has 0 N–H and O–H groups in total. The zero-order chi connectivity index (χ0) is 13.9. The Morgan fingerprint density at radius 1 is 1.26 bits per heavy atom. The lowest BCUT2D eigenvalue weighted by atomic mass is 10.0. The SMILES string of the molecule is C=Cc1ccccc1CCCO[SiH](CC)COCC. The van der Waals surface area contributed by atoms with Crippen molar-refractivity contribution in [3.63, 3.8) is 0 Å². The number of hydrogen-bond acceptors (Lipinski definition) is 2. The summed E-state index contributed by atoms with van der Waals surface area (Å²) in [4.78, 5) is 0. The predicted octanol–water partition coefficient (Wildman–Crippen LogP) is 3.60. The van der Waals surface area contributed by atoms with Crippen molar-refractivity contribution in [2.45, 2.75) is 32.7 Å². The van der Waals surface area contributed by atoms with Gasteiger partial charge in [-0.2, -0.15) is 0 Å². The van der Waals surface area contributed by atoms with Crippen molar-refractivity contribution in [3.8, 4) is 0 Å². The molecule has 0 saturated heterocycles. The molecular weight excluding hydrogens is 252 g/mol. The zero-order valence-corrected chi connectivity index (χ0v) is 13.4. The highest BCUT2D eigenvalue weighted by atomic mass is 28.3. The van der Waals surface area contributed by atoms with Crippen LogP contribution in [0.3, 0.4) is 0 Å². The molecule has 2 nitrogen and oxygen atoms in total. The Morgan fingerprint density at radius 2 is 2.05 bits per heavy atom. The van der Waals surface area contributed by atoms with E-state index in [1.807, 2.05) is 13.0 Å². The van der Waals surface area contributed by atoms with Crippen LogP contribution in [-0.2, 0) is 15.6 Å². The van der Waals surface area contributed by atoms with Crippen molar-refractivity contribution in [1.29, 1.82) is 0 Å². The zero-order valence-electron chi connectivity index (χ0n) is 12.2. The van der Waals surface area contributed by atoms with Gasteiger partial charge in [0.15, 0.2) is 0 Å². The van der Waals surface area contributed by atoms with Crippen LogP contribution in [0.1, 0.15) is 31.4 Å². The number of aryl methyl sites for hydroxylation is 1. The van der Waals surface area contributed by atoms with E-state index in [9.17, 15) is 0 Å². The van der Waals surface area contributed by atoms with E-state index in [4.69, 9.17) is 9.16 Å². The van der Waals surface area contributed by atoms with E-state index in [-0.39, 0.29) is 0 Å². The largest absolute Gasteiger partial charge is 0.418 e. The summed E-state index contributed by atoms with van der Waals surface area (Å²) in [7, 11) is -1.12. The number of ether oxygens (including phenoxy) is 1. The summed E-state index contributed by atoms with van der Waals surface area (Å²) in [6.45, 7) is 9.73. The van der Waals surface area contributed by atoms with Gasteiger partial charge >= 0.3 is 0 Å². The van der Waals surface area contributed by atoms with Gasteiger partial charge in [-0.1, -0.05) is 43.8 Å². The first kappa shape index (κ1) is 16.2. The standard InChI is InChI=1S/C16H26O2Si/c1-4-15-10-7-8-11-16(15)12-9-13-18-19(6-3)14-17-5-2/h4,7-8,10-11,19H,1,5-6,9,12-14H2,2-3H3. The van der Waals surface area contributed by atoms with Gasteiger partial charge in [0.05, 0.1) is 6.23 Å². The van der Waals surface area contributed by atoms with Gasteiger partial charge in [-0.15, -0.1) is 0 Å². The Kier molecular flexibility index (Phi) is 8.46.